The monoisotopic (exact) mass is 484 g/mol. The van der Waals surface area contributed by atoms with Crippen LogP contribution in [0.5, 0.6) is 0 Å². The predicted octanol–water partition coefficient (Wildman–Crippen LogP) is 4.90. The summed E-state index contributed by atoms with van der Waals surface area (Å²) >= 11 is 4.62. The fourth-order valence-corrected chi connectivity index (χ4v) is 3.63. The molecule has 1 amide bonds. The fourth-order valence-electron chi connectivity index (χ4n) is 2.66. The molecule has 3 aromatic heterocycles. The third-order valence-electron chi connectivity index (χ3n) is 4.24. The number of benzene rings is 1. The van der Waals surface area contributed by atoms with Crippen molar-refractivity contribution < 1.29 is 13.6 Å². The van der Waals surface area contributed by atoms with Crippen LogP contribution in [0.2, 0.25) is 0 Å². The van der Waals surface area contributed by atoms with Crippen LogP contribution >= 0.6 is 27.7 Å². The molecule has 3 heterocycles. The number of amides is 1. The van der Waals surface area contributed by atoms with Gasteiger partial charge < -0.3 is 13.7 Å². The molecular weight excluding hydrogens is 468 g/mol. The van der Waals surface area contributed by atoms with Crippen molar-refractivity contribution in [2.24, 2.45) is 0 Å². The molecule has 0 aliphatic rings. The quantitative estimate of drug-likeness (QED) is 0.344. The minimum Gasteiger partial charge on any atom is -0.459 e. The van der Waals surface area contributed by atoms with Crippen LogP contribution in [0, 0.1) is 0 Å². The lowest BCUT2D eigenvalue weighted by Crippen LogP contribution is -2.27. The Morgan fingerprint density at radius 3 is 2.67 bits per heavy atom. The predicted molar refractivity (Wildman–Crippen MR) is 117 cm³/mol. The third kappa shape index (κ3) is 4.98. The summed E-state index contributed by atoms with van der Waals surface area (Å²) in [6, 6.07) is 15.3. The van der Waals surface area contributed by atoms with Crippen LogP contribution in [0.3, 0.4) is 0 Å². The van der Waals surface area contributed by atoms with Crippen LogP contribution in [0.1, 0.15) is 5.76 Å². The van der Waals surface area contributed by atoms with E-state index in [1.54, 1.807) is 30.4 Å². The molecule has 152 valence electrons. The summed E-state index contributed by atoms with van der Waals surface area (Å²) in [5.41, 5.74) is 1.72. The number of thioether (sulfide) groups is 1. The molecule has 0 unspecified atom stereocenters. The number of hydrogen-bond acceptors (Lipinski definition) is 7. The van der Waals surface area contributed by atoms with Crippen LogP contribution in [-0.4, -0.2) is 38.8 Å². The first-order chi connectivity index (χ1) is 14.6. The highest BCUT2D eigenvalue weighted by atomic mass is 79.9. The first kappa shape index (κ1) is 20.4. The lowest BCUT2D eigenvalue weighted by molar-refractivity contribution is -0.127. The van der Waals surface area contributed by atoms with E-state index in [0.717, 1.165) is 21.4 Å². The van der Waals surface area contributed by atoms with E-state index in [-0.39, 0.29) is 11.7 Å². The smallest absolute Gasteiger partial charge is 0.277 e. The molecule has 30 heavy (non-hydrogen) atoms. The summed E-state index contributed by atoms with van der Waals surface area (Å²) in [6.45, 7) is 0.376. The van der Waals surface area contributed by atoms with Crippen LogP contribution in [0.4, 0.5) is 0 Å². The zero-order chi connectivity index (χ0) is 20.9. The Kier molecular flexibility index (Phi) is 6.29. The molecule has 9 heteroatoms. The van der Waals surface area contributed by atoms with Gasteiger partial charge in [-0.3, -0.25) is 9.78 Å². The van der Waals surface area contributed by atoms with Crippen molar-refractivity contribution in [3.63, 3.8) is 0 Å². The Hall–Kier alpha value is -2.91. The first-order valence-electron chi connectivity index (χ1n) is 9.04. The van der Waals surface area contributed by atoms with Crippen molar-refractivity contribution >= 4 is 33.6 Å². The van der Waals surface area contributed by atoms with Gasteiger partial charge in [0.1, 0.15) is 11.5 Å². The fraction of sp³-hybridized carbons (Fsp3) is 0.143. The molecule has 7 nitrogen and oxygen atoms in total. The number of carbonyl (C=O) groups is 1. The van der Waals surface area contributed by atoms with Crippen molar-refractivity contribution in [2.45, 2.75) is 11.8 Å². The summed E-state index contributed by atoms with van der Waals surface area (Å²) in [4.78, 5) is 18.1. The van der Waals surface area contributed by atoms with Gasteiger partial charge in [0.05, 0.1) is 17.9 Å². The Morgan fingerprint density at radius 2 is 1.90 bits per heavy atom. The molecular formula is C21H17BrN4O3S. The van der Waals surface area contributed by atoms with Gasteiger partial charge in [0.2, 0.25) is 11.8 Å². The highest BCUT2D eigenvalue weighted by Crippen LogP contribution is 2.25. The van der Waals surface area contributed by atoms with E-state index in [4.69, 9.17) is 8.83 Å². The molecule has 0 fully saturated rings. The number of pyridine rings is 1. The van der Waals surface area contributed by atoms with Gasteiger partial charge in [-0.05, 0) is 36.4 Å². The van der Waals surface area contributed by atoms with Gasteiger partial charge in [-0.2, -0.15) is 0 Å². The molecule has 0 aliphatic carbocycles. The lowest BCUT2D eigenvalue weighted by atomic mass is 10.2. The zero-order valence-electron chi connectivity index (χ0n) is 16.0. The summed E-state index contributed by atoms with van der Waals surface area (Å²) in [6.07, 6.45) is 3.32. The number of aromatic nitrogens is 3. The molecule has 0 aliphatic heterocycles. The number of carbonyl (C=O) groups excluding carboxylic acids is 1. The van der Waals surface area contributed by atoms with E-state index in [2.05, 4.69) is 31.1 Å². The highest BCUT2D eigenvalue weighted by molar-refractivity contribution is 9.10. The molecule has 0 spiro atoms. The molecule has 0 bridgehead atoms. The van der Waals surface area contributed by atoms with Gasteiger partial charge >= 0.3 is 0 Å². The number of rotatable bonds is 7. The second-order valence-electron chi connectivity index (χ2n) is 6.43. The Morgan fingerprint density at radius 1 is 1.07 bits per heavy atom. The molecule has 4 aromatic rings. The average molecular weight is 485 g/mol. The molecule has 0 N–H and O–H groups in total. The van der Waals surface area contributed by atoms with E-state index < -0.39 is 0 Å². The Labute approximate surface area is 185 Å². The van der Waals surface area contributed by atoms with E-state index in [0.29, 0.717) is 23.4 Å². The average Bonchev–Trinajstić information content (AvgIpc) is 3.43. The maximum atomic E-state index is 12.5. The van der Waals surface area contributed by atoms with Crippen molar-refractivity contribution in [1.29, 1.82) is 0 Å². The third-order valence-corrected chi connectivity index (χ3v) is 5.58. The van der Waals surface area contributed by atoms with Gasteiger partial charge in [0.25, 0.3) is 5.22 Å². The number of hydrogen-bond donors (Lipinski definition) is 0. The van der Waals surface area contributed by atoms with Crippen LogP contribution in [-0.2, 0) is 11.3 Å². The van der Waals surface area contributed by atoms with Crippen molar-refractivity contribution in [3.05, 3.63) is 71.2 Å². The largest absolute Gasteiger partial charge is 0.459 e. The van der Waals surface area contributed by atoms with Crippen LogP contribution in [0.15, 0.2) is 79.5 Å². The Balaban J connectivity index is 1.31. The van der Waals surface area contributed by atoms with Crippen molar-refractivity contribution in [3.8, 4) is 22.8 Å². The van der Waals surface area contributed by atoms with E-state index >= 15 is 0 Å². The van der Waals surface area contributed by atoms with Gasteiger partial charge in [0, 0.05) is 29.5 Å². The topological polar surface area (TPSA) is 85.3 Å². The SMILES string of the molecule is CN(Cc1ccc(-c2ccc(Br)cc2)o1)C(=O)CSc1nnc(-c2cccnc2)o1. The summed E-state index contributed by atoms with van der Waals surface area (Å²) < 4.78 is 12.5. The van der Waals surface area contributed by atoms with Gasteiger partial charge in [-0.15, -0.1) is 10.2 Å². The minimum absolute atomic E-state index is 0.0669. The number of halogens is 1. The van der Waals surface area contributed by atoms with Gasteiger partial charge in [-0.25, -0.2) is 0 Å². The lowest BCUT2D eigenvalue weighted by Gasteiger charge is -2.14. The van der Waals surface area contributed by atoms with Gasteiger partial charge in [-0.1, -0.05) is 39.8 Å². The highest BCUT2D eigenvalue weighted by Gasteiger charge is 2.15. The second kappa shape index (κ2) is 9.27. The van der Waals surface area contributed by atoms with Crippen molar-refractivity contribution in [1.82, 2.24) is 20.1 Å². The zero-order valence-corrected chi connectivity index (χ0v) is 18.4. The molecule has 0 saturated carbocycles. The maximum absolute atomic E-state index is 12.5. The van der Waals surface area contributed by atoms with E-state index in [1.165, 1.54) is 11.8 Å². The first-order valence-corrected chi connectivity index (χ1v) is 10.8. The van der Waals surface area contributed by atoms with Crippen LogP contribution in [0.25, 0.3) is 22.8 Å². The van der Waals surface area contributed by atoms with E-state index in [9.17, 15) is 4.79 Å². The molecule has 0 radical (unpaired) electrons. The normalized spacial score (nSPS) is 10.9. The minimum atomic E-state index is -0.0669. The number of furan rings is 1. The van der Waals surface area contributed by atoms with Crippen LogP contribution < -0.4 is 0 Å². The maximum Gasteiger partial charge on any atom is 0.277 e. The van der Waals surface area contributed by atoms with Crippen molar-refractivity contribution in [2.75, 3.05) is 12.8 Å². The Bertz CT molecular complexity index is 1130. The molecule has 0 atom stereocenters. The van der Waals surface area contributed by atoms with E-state index in [1.807, 2.05) is 42.5 Å². The second-order valence-corrected chi connectivity index (χ2v) is 8.27. The standard InChI is InChI=1S/C21H17BrN4O3S/c1-26(12-17-8-9-18(28-17)14-4-6-16(22)7-5-14)19(27)13-30-21-25-24-20(29-21)15-3-2-10-23-11-15/h2-11H,12-13H2,1H3. The molecule has 4 rings (SSSR count). The molecule has 0 saturated heterocycles. The molecule has 1 aromatic carbocycles. The number of nitrogens with zero attached hydrogens (tertiary/aromatic N) is 4. The van der Waals surface area contributed by atoms with Gasteiger partial charge in [0.15, 0.2) is 0 Å². The summed E-state index contributed by atoms with van der Waals surface area (Å²) in [5.74, 6) is 1.97. The summed E-state index contributed by atoms with van der Waals surface area (Å²) in [7, 11) is 1.74. The summed E-state index contributed by atoms with van der Waals surface area (Å²) in [5, 5.41) is 8.31.